The van der Waals surface area contributed by atoms with Gasteiger partial charge in [-0.05, 0) is 60.9 Å². The number of aryl methyl sites for hydroxylation is 1. The van der Waals surface area contributed by atoms with Crippen LogP contribution in [-0.4, -0.2) is 27.2 Å². The van der Waals surface area contributed by atoms with Crippen molar-refractivity contribution in [2.75, 3.05) is 4.90 Å². The average Bonchev–Trinajstić information content (AvgIpc) is 3.54. The number of phenols is 1. The summed E-state index contributed by atoms with van der Waals surface area (Å²) < 4.78 is 0. The second-order valence-electron chi connectivity index (χ2n) is 9.90. The number of benzene rings is 2. The minimum absolute atomic E-state index is 0.0296. The van der Waals surface area contributed by atoms with E-state index in [-0.39, 0.29) is 63.2 Å². The molecule has 2 amide bonds. The molecule has 6 nitrogen and oxygen atoms in total. The smallest absolute Gasteiger partial charge is 0.305 e. The molecular formula is C26H22N2O4S2. The zero-order valence-corrected chi connectivity index (χ0v) is 19.9. The van der Waals surface area contributed by atoms with E-state index in [1.807, 2.05) is 43.3 Å². The first-order valence-electron chi connectivity index (χ1n) is 11.6. The quantitative estimate of drug-likeness (QED) is 0.527. The third kappa shape index (κ3) is 2.66. The number of nitrogens with one attached hydrogen (secondary N) is 1. The molecule has 8 heteroatoms. The van der Waals surface area contributed by atoms with Crippen LogP contribution in [-0.2, 0) is 9.59 Å². The van der Waals surface area contributed by atoms with Crippen molar-refractivity contribution in [2.45, 2.75) is 29.5 Å². The van der Waals surface area contributed by atoms with Crippen LogP contribution >= 0.6 is 23.1 Å². The Balaban J connectivity index is 1.32. The van der Waals surface area contributed by atoms with Crippen molar-refractivity contribution in [1.29, 1.82) is 0 Å². The van der Waals surface area contributed by atoms with Crippen LogP contribution in [0.4, 0.5) is 5.69 Å². The Morgan fingerprint density at radius 2 is 1.62 bits per heavy atom. The Morgan fingerprint density at radius 3 is 2.32 bits per heavy atom. The largest absolute Gasteiger partial charge is 0.508 e. The van der Waals surface area contributed by atoms with Gasteiger partial charge in [-0.3, -0.25) is 19.3 Å². The summed E-state index contributed by atoms with van der Waals surface area (Å²) in [7, 11) is 0. The first kappa shape index (κ1) is 20.5. The second-order valence-corrected chi connectivity index (χ2v) is 12.1. The predicted octanol–water partition coefficient (Wildman–Crippen LogP) is 4.13. The van der Waals surface area contributed by atoms with Gasteiger partial charge >= 0.3 is 4.87 Å². The standard InChI is InChI=1S/C26H22N2O4S2/c1-11-2-6-13(7-3-11)28-24(30)19-15-10-16(20(19)25(28)31)21-18(15)17(12-4-8-14(29)9-5-12)22-23(33-21)27-26(32)34-22/h2-9,15-21,29H,10H2,1H3,(H,27,32)/t15-,16-,17+,18+,19-,20+,21-/m1/s1. The lowest BCUT2D eigenvalue weighted by atomic mass is 9.68. The van der Waals surface area contributed by atoms with Gasteiger partial charge < -0.3 is 10.1 Å². The van der Waals surface area contributed by atoms with Gasteiger partial charge in [-0.25, -0.2) is 0 Å². The van der Waals surface area contributed by atoms with Gasteiger partial charge in [0.05, 0.1) is 22.5 Å². The summed E-state index contributed by atoms with van der Waals surface area (Å²) in [5.41, 5.74) is 2.78. The van der Waals surface area contributed by atoms with Crippen LogP contribution < -0.4 is 9.77 Å². The number of aromatic hydroxyl groups is 1. The number of thiazole rings is 1. The number of phenolic OH excluding ortho intramolecular Hbond substituents is 1. The second kappa shape index (κ2) is 7.09. The van der Waals surface area contributed by atoms with E-state index in [1.165, 1.54) is 16.2 Å². The van der Waals surface area contributed by atoms with Crippen LogP contribution in [0.25, 0.3) is 0 Å². The Labute approximate surface area is 204 Å². The van der Waals surface area contributed by atoms with Crippen molar-refractivity contribution in [1.82, 2.24) is 4.98 Å². The number of carbonyl (C=O) groups is 2. The van der Waals surface area contributed by atoms with Crippen molar-refractivity contribution in [3.05, 3.63) is 74.2 Å². The lowest BCUT2D eigenvalue weighted by Gasteiger charge is -2.43. The zero-order chi connectivity index (χ0) is 23.3. The molecule has 2 N–H and O–H groups in total. The van der Waals surface area contributed by atoms with Crippen molar-refractivity contribution in [3.8, 4) is 5.75 Å². The molecular weight excluding hydrogens is 468 g/mol. The molecule has 1 saturated heterocycles. The molecule has 3 fully saturated rings. The molecule has 1 aromatic heterocycles. The van der Waals surface area contributed by atoms with Crippen LogP contribution in [0.5, 0.6) is 5.75 Å². The van der Waals surface area contributed by atoms with Gasteiger partial charge in [-0.1, -0.05) is 41.2 Å². The van der Waals surface area contributed by atoms with E-state index >= 15 is 0 Å². The highest BCUT2D eigenvalue weighted by atomic mass is 32.2. The topological polar surface area (TPSA) is 90.5 Å². The third-order valence-electron chi connectivity index (χ3n) is 8.27. The number of anilines is 1. The maximum Gasteiger partial charge on any atom is 0.305 e. The first-order valence-corrected chi connectivity index (χ1v) is 13.2. The highest BCUT2D eigenvalue weighted by Gasteiger charge is 2.69. The number of aromatic amines is 1. The van der Waals surface area contributed by atoms with Crippen LogP contribution in [0.15, 0.2) is 58.4 Å². The van der Waals surface area contributed by atoms with Crippen molar-refractivity contribution >= 4 is 40.6 Å². The molecule has 2 aliphatic heterocycles. The molecule has 7 rings (SSSR count). The van der Waals surface area contributed by atoms with E-state index in [9.17, 15) is 19.5 Å². The van der Waals surface area contributed by atoms with Crippen molar-refractivity contribution in [2.24, 2.45) is 29.6 Å². The Kier molecular flexibility index (Phi) is 4.28. The zero-order valence-electron chi connectivity index (χ0n) is 18.3. The number of fused-ring (bicyclic) bond motifs is 9. The van der Waals surface area contributed by atoms with E-state index in [2.05, 4.69) is 4.98 Å². The lowest BCUT2D eigenvalue weighted by Crippen LogP contribution is -2.42. The summed E-state index contributed by atoms with van der Waals surface area (Å²) in [6, 6.07) is 14.8. The Morgan fingerprint density at radius 1 is 0.941 bits per heavy atom. The number of aromatic nitrogens is 1. The normalized spacial score (nSPS) is 33.2. The molecule has 4 aliphatic rings. The monoisotopic (exact) mass is 490 g/mol. The number of thioether (sulfide) groups is 1. The average molecular weight is 491 g/mol. The fourth-order valence-corrected chi connectivity index (χ4v) is 9.91. The molecule has 34 heavy (non-hydrogen) atoms. The van der Waals surface area contributed by atoms with Gasteiger partial charge in [0.15, 0.2) is 0 Å². The summed E-state index contributed by atoms with van der Waals surface area (Å²) in [6.45, 7) is 1.99. The van der Waals surface area contributed by atoms with Crippen LogP contribution in [0.3, 0.4) is 0 Å². The highest BCUT2D eigenvalue weighted by molar-refractivity contribution is 8.00. The van der Waals surface area contributed by atoms with Gasteiger partial charge in [0.25, 0.3) is 0 Å². The molecule has 2 saturated carbocycles. The summed E-state index contributed by atoms with van der Waals surface area (Å²) in [5, 5.41) is 10.9. The van der Waals surface area contributed by atoms with Crippen LogP contribution in [0, 0.1) is 36.5 Å². The summed E-state index contributed by atoms with van der Waals surface area (Å²) in [5.74, 6) is -0.226. The molecule has 0 spiro atoms. The van der Waals surface area contributed by atoms with Crippen LogP contribution in [0.2, 0.25) is 0 Å². The van der Waals surface area contributed by atoms with E-state index < -0.39 is 0 Å². The van der Waals surface area contributed by atoms with Gasteiger partial charge in [0.2, 0.25) is 11.8 Å². The van der Waals surface area contributed by atoms with Crippen molar-refractivity contribution in [3.63, 3.8) is 0 Å². The fourth-order valence-electron chi connectivity index (χ4n) is 7.02. The molecule has 3 heterocycles. The van der Waals surface area contributed by atoms with Crippen LogP contribution in [0.1, 0.15) is 28.3 Å². The third-order valence-corrected chi connectivity index (χ3v) is 10.9. The number of H-pyrrole nitrogens is 1. The predicted molar refractivity (Wildman–Crippen MR) is 130 cm³/mol. The highest BCUT2D eigenvalue weighted by Crippen LogP contribution is 2.68. The van der Waals surface area contributed by atoms with Gasteiger partial charge in [-0.15, -0.1) is 11.8 Å². The molecule has 2 aliphatic carbocycles. The molecule has 0 radical (unpaired) electrons. The number of rotatable bonds is 2. The Hall–Kier alpha value is -2.84. The minimum Gasteiger partial charge on any atom is -0.508 e. The summed E-state index contributed by atoms with van der Waals surface area (Å²) in [4.78, 5) is 45.0. The number of hydrogen-bond acceptors (Lipinski definition) is 6. The maximum atomic E-state index is 13.7. The first-order chi connectivity index (χ1) is 16.4. The summed E-state index contributed by atoms with van der Waals surface area (Å²) >= 11 is 2.93. The van der Waals surface area contributed by atoms with Gasteiger partial charge in [-0.2, -0.15) is 0 Å². The molecule has 0 unspecified atom stereocenters. The van der Waals surface area contributed by atoms with E-state index in [1.54, 1.807) is 23.9 Å². The number of hydrogen-bond donors (Lipinski definition) is 2. The van der Waals surface area contributed by atoms with E-state index in [4.69, 9.17) is 0 Å². The van der Waals surface area contributed by atoms with Crippen molar-refractivity contribution < 1.29 is 14.7 Å². The molecule has 3 aromatic rings. The van der Waals surface area contributed by atoms with E-state index in [0.717, 1.165) is 27.5 Å². The van der Waals surface area contributed by atoms with E-state index in [0.29, 0.717) is 5.69 Å². The molecule has 172 valence electrons. The minimum atomic E-state index is -0.308. The number of imide groups is 1. The number of nitrogens with zero attached hydrogens (tertiary/aromatic N) is 1. The maximum absolute atomic E-state index is 13.7. The Bertz CT molecular complexity index is 1390. The van der Waals surface area contributed by atoms with Gasteiger partial charge in [0.1, 0.15) is 5.75 Å². The molecule has 2 bridgehead atoms. The number of amides is 2. The lowest BCUT2D eigenvalue weighted by molar-refractivity contribution is -0.123. The molecule has 7 atom stereocenters. The molecule has 2 aromatic carbocycles. The SMILES string of the molecule is Cc1ccc(N2C(=O)[C@@H]3[C@@H]4C[C@@H]([C@H]5Sc6[nH]c(=O)sc6[C@@H](c6ccc(O)cc6)[C@H]45)[C@@H]3C2=O)cc1. The number of carbonyl (C=O) groups excluding carboxylic acids is 2. The summed E-state index contributed by atoms with van der Waals surface area (Å²) in [6.07, 6.45) is 0.866. The fraction of sp³-hybridized carbons (Fsp3) is 0.346. The van der Waals surface area contributed by atoms with Gasteiger partial charge in [0, 0.05) is 16.0 Å².